The average molecular weight is 480 g/mol. The van der Waals surface area contributed by atoms with Crippen molar-refractivity contribution in [2.45, 2.75) is 66.0 Å². The Kier molecular flexibility index (Phi) is 6.97. The predicted octanol–water partition coefficient (Wildman–Crippen LogP) is 6.75. The molecule has 1 N–H and O–H groups in total. The number of carbonyl (C=O) groups excluding carboxylic acids is 1. The van der Waals surface area contributed by atoms with Gasteiger partial charge in [0.25, 0.3) is 0 Å². The van der Waals surface area contributed by atoms with Crippen LogP contribution in [0.15, 0.2) is 36.4 Å². The van der Waals surface area contributed by atoms with Crippen LogP contribution in [0.2, 0.25) is 0 Å². The van der Waals surface area contributed by atoms with E-state index >= 15 is 0 Å². The number of fused-ring (bicyclic) bond motifs is 1. The van der Waals surface area contributed by atoms with E-state index in [0.717, 1.165) is 41.3 Å². The van der Waals surface area contributed by atoms with Gasteiger partial charge in [0.15, 0.2) is 0 Å². The molecule has 7 nitrogen and oxygen atoms in total. The Morgan fingerprint density at radius 3 is 2.46 bits per heavy atom. The summed E-state index contributed by atoms with van der Waals surface area (Å²) >= 11 is 0. The standard InChI is InChI=1S/C28H37N3O4/c1-17(2)35-21-10-8-19(9-11-21)29-27-30-23-13-22(26(32)34-7)25(33-6)14-24(23)31(27)20-12-18(3)15-28(4,5)16-20/h8-11,13-14,17-18,20H,12,15-16H2,1-7H3,(H,29,30)/t18?,20-/m1/s1. The number of carbonyl (C=O) groups is 1. The van der Waals surface area contributed by atoms with Gasteiger partial charge < -0.3 is 24.1 Å². The second-order valence-corrected chi connectivity index (χ2v) is 10.7. The molecule has 0 saturated heterocycles. The number of aromatic nitrogens is 2. The first kappa shape index (κ1) is 24.9. The molecule has 35 heavy (non-hydrogen) atoms. The minimum absolute atomic E-state index is 0.119. The van der Waals surface area contributed by atoms with Gasteiger partial charge in [-0.3, -0.25) is 0 Å². The molecule has 0 spiro atoms. The van der Waals surface area contributed by atoms with Crippen LogP contribution in [0.5, 0.6) is 11.5 Å². The second-order valence-electron chi connectivity index (χ2n) is 10.7. The topological polar surface area (TPSA) is 74.6 Å². The van der Waals surface area contributed by atoms with Crippen molar-refractivity contribution in [2.75, 3.05) is 19.5 Å². The number of nitrogens with zero attached hydrogens (tertiary/aromatic N) is 2. The lowest BCUT2D eigenvalue weighted by Gasteiger charge is -2.40. The van der Waals surface area contributed by atoms with E-state index < -0.39 is 5.97 Å². The van der Waals surface area contributed by atoms with Crippen LogP contribution in [0.25, 0.3) is 11.0 Å². The molecule has 1 aliphatic rings. The highest BCUT2D eigenvalue weighted by Gasteiger charge is 2.35. The number of imidazole rings is 1. The fourth-order valence-corrected chi connectivity index (χ4v) is 5.53. The van der Waals surface area contributed by atoms with Gasteiger partial charge in [0.2, 0.25) is 5.95 Å². The molecule has 1 unspecified atom stereocenters. The highest BCUT2D eigenvalue weighted by atomic mass is 16.5. The minimum atomic E-state index is -0.444. The fraction of sp³-hybridized carbons (Fsp3) is 0.500. The highest BCUT2D eigenvalue weighted by molar-refractivity contribution is 5.97. The van der Waals surface area contributed by atoms with E-state index in [0.29, 0.717) is 17.2 Å². The Labute approximate surface area is 207 Å². The zero-order chi connectivity index (χ0) is 25.3. The zero-order valence-electron chi connectivity index (χ0n) is 21.8. The number of esters is 1. The average Bonchev–Trinajstić information content (AvgIpc) is 3.13. The fourth-order valence-electron chi connectivity index (χ4n) is 5.53. The van der Waals surface area contributed by atoms with Crippen LogP contribution < -0.4 is 14.8 Å². The first-order valence-electron chi connectivity index (χ1n) is 12.3. The summed E-state index contributed by atoms with van der Waals surface area (Å²) in [7, 11) is 2.94. The van der Waals surface area contributed by atoms with E-state index in [2.05, 4.69) is 30.7 Å². The third-order valence-electron chi connectivity index (χ3n) is 6.63. The van der Waals surface area contributed by atoms with Gasteiger partial charge in [-0.25, -0.2) is 9.78 Å². The van der Waals surface area contributed by atoms with Crippen LogP contribution in [0.3, 0.4) is 0 Å². The molecule has 2 aromatic carbocycles. The maximum atomic E-state index is 12.4. The van der Waals surface area contributed by atoms with Crippen LogP contribution >= 0.6 is 0 Å². The van der Waals surface area contributed by atoms with E-state index in [9.17, 15) is 4.79 Å². The van der Waals surface area contributed by atoms with Crippen molar-refractivity contribution in [3.63, 3.8) is 0 Å². The molecule has 7 heteroatoms. The van der Waals surface area contributed by atoms with E-state index in [1.54, 1.807) is 13.2 Å². The highest BCUT2D eigenvalue weighted by Crippen LogP contribution is 2.46. The van der Waals surface area contributed by atoms with Crippen molar-refractivity contribution < 1.29 is 19.0 Å². The number of benzene rings is 2. The predicted molar refractivity (Wildman–Crippen MR) is 139 cm³/mol. The quantitative estimate of drug-likeness (QED) is 0.378. The summed E-state index contributed by atoms with van der Waals surface area (Å²) in [4.78, 5) is 17.3. The molecule has 1 aliphatic carbocycles. The molecule has 0 radical (unpaired) electrons. The molecule has 0 bridgehead atoms. The number of nitrogens with one attached hydrogen (secondary N) is 1. The van der Waals surface area contributed by atoms with E-state index in [4.69, 9.17) is 19.2 Å². The lowest BCUT2D eigenvalue weighted by Crippen LogP contribution is -2.29. The Balaban J connectivity index is 1.81. The van der Waals surface area contributed by atoms with Gasteiger partial charge >= 0.3 is 5.97 Å². The molecule has 0 aliphatic heterocycles. The molecule has 1 saturated carbocycles. The summed E-state index contributed by atoms with van der Waals surface area (Å²) < 4.78 is 18.6. The third kappa shape index (κ3) is 5.39. The van der Waals surface area contributed by atoms with Gasteiger partial charge in [-0.15, -0.1) is 0 Å². The number of hydrogen-bond donors (Lipinski definition) is 1. The maximum absolute atomic E-state index is 12.4. The summed E-state index contributed by atoms with van der Waals surface area (Å²) in [5, 5.41) is 3.52. The second kappa shape index (κ2) is 9.80. The molecule has 0 amide bonds. The van der Waals surface area contributed by atoms with E-state index in [1.807, 2.05) is 44.2 Å². The lowest BCUT2D eigenvalue weighted by atomic mass is 9.70. The van der Waals surface area contributed by atoms with Crippen molar-refractivity contribution >= 4 is 28.6 Å². The summed E-state index contributed by atoms with van der Waals surface area (Å²) in [6.07, 6.45) is 3.42. The largest absolute Gasteiger partial charge is 0.496 e. The van der Waals surface area contributed by atoms with Crippen molar-refractivity contribution in [2.24, 2.45) is 11.3 Å². The Bertz CT molecular complexity index is 1200. The minimum Gasteiger partial charge on any atom is -0.496 e. The van der Waals surface area contributed by atoms with Crippen LogP contribution in [0.4, 0.5) is 11.6 Å². The van der Waals surface area contributed by atoms with Gasteiger partial charge in [-0.2, -0.15) is 0 Å². The van der Waals surface area contributed by atoms with Crippen molar-refractivity contribution in [1.82, 2.24) is 9.55 Å². The van der Waals surface area contributed by atoms with Gasteiger partial charge in [-0.05, 0) is 74.8 Å². The molecule has 1 heterocycles. The number of ether oxygens (including phenoxy) is 3. The summed E-state index contributed by atoms with van der Waals surface area (Å²) in [6.45, 7) is 11.0. The first-order chi connectivity index (χ1) is 16.6. The zero-order valence-corrected chi connectivity index (χ0v) is 21.8. The van der Waals surface area contributed by atoms with Gasteiger partial charge in [-0.1, -0.05) is 20.8 Å². The Morgan fingerprint density at radius 1 is 1.14 bits per heavy atom. The number of rotatable bonds is 7. The lowest BCUT2D eigenvalue weighted by molar-refractivity contribution is 0.0597. The number of hydrogen-bond acceptors (Lipinski definition) is 6. The van der Waals surface area contributed by atoms with Crippen LogP contribution in [-0.4, -0.2) is 35.8 Å². The summed E-state index contributed by atoms with van der Waals surface area (Å²) in [5.41, 5.74) is 3.17. The van der Waals surface area contributed by atoms with Gasteiger partial charge in [0.1, 0.15) is 17.1 Å². The smallest absolute Gasteiger partial charge is 0.341 e. The monoisotopic (exact) mass is 479 g/mol. The summed E-state index contributed by atoms with van der Waals surface area (Å²) in [5.74, 6) is 2.21. The molecular formula is C28H37N3O4. The molecule has 188 valence electrons. The van der Waals surface area contributed by atoms with Gasteiger partial charge in [0.05, 0.1) is 31.4 Å². The maximum Gasteiger partial charge on any atom is 0.341 e. The van der Waals surface area contributed by atoms with E-state index in [1.165, 1.54) is 13.5 Å². The van der Waals surface area contributed by atoms with Crippen molar-refractivity contribution in [3.05, 3.63) is 42.0 Å². The van der Waals surface area contributed by atoms with Gasteiger partial charge in [0, 0.05) is 17.8 Å². The van der Waals surface area contributed by atoms with Crippen molar-refractivity contribution in [3.8, 4) is 11.5 Å². The Morgan fingerprint density at radius 2 is 1.86 bits per heavy atom. The molecule has 4 rings (SSSR count). The number of anilines is 2. The summed E-state index contributed by atoms with van der Waals surface area (Å²) in [6, 6.07) is 11.8. The molecule has 2 atom stereocenters. The van der Waals surface area contributed by atoms with Crippen LogP contribution in [0.1, 0.15) is 70.3 Å². The van der Waals surface area contributed by atoms with E-state index in [-0.39, 0.29) is 17.6 Å². The Hall–Kier alpha value is -3.22. The first-order valence-corrected chi connectivity index (χ1v) is 12.3. The molecule has 3 aromatic rings. The SMILES string of the molecule is COC(=O)c1cc2nc(Nc3ccc(OC(C)C)cc3)n([C@@H]3CC(C)CC(C)(C)C3)c2cc1OC. The molecular weight excluding hydrogens is 442 g/mol. The molecule has 1 aromatic heterocycles. The van der Waals surface area contributed by atoms with Crippen molar-refractivity contribution in [1.29, 1.82) is 0 Å². The van der Waals surface area contributed by atoms with Crippen LogP contribution in [-0.2, 0) is 4.74 Å². The number of methoxy groups -OCH3 is 2. The molecule has 1 fully saturated rings. The normalized spacial score (nSPS) is 19.5. The third-order valence-corrected chi connectivity index (χ3v) is 6.63. The van der Waals surface area contributed by atoms with Crippen LogP contribution in [0, 0.1) is 11.3 Å².